The fraction of sp³-hybridized carbons (Fsp3) is 0. The van der Waals surface area contributed by atoms with E-state index in [-0.39, 0.29) is 63.6 Å². The van der Waals surface area contributed by atoms with E-state index in [9.17, 15) is 0 Å². The molecule has 0 aliphatic carbocycles. The first-order valence-electron chi connectivity index (χ1n) is 0.548. The maximum atomic E-state index is 8.25. The van der Waals surface area contributed by atoms with Crippen LogP contribution < -0.4 is 0 Å². The number of hydrogen-bond donors (Lipinski definition) is 0. The van der Waals surface area contributed by atoms with Crippen LogP contribution in [0.15, 0.2) is 0 Å². The van der Waals surface area contributed by atoms with Gasteiger partial charge in [0.25, 0.3) is 0 Å². The van der Waals surface area contributed by atoms with E-state index >= 15 is 0 Å². The summed E-state index contributed by atoms with van der Waals surface area (Å²) in [6.45, 7) is 0. The maximum absolute atomic E-state index is 8.25. The SMILES string of the molecule is O.O.O.O.O.O.O.O.O=[N+]([O-])[O-].[GaH3]. The second kappa shape index (κ2) is 201. The molecule has 0 aromatic heterocycles. The Morgan fingerprint density at radius 3 is 0.615 bits per heavy atom. The Labute approximate surface area is 84.8 Å². The van der Waals surface area contributed by atoms with E-state index in [2.05, 4.69) is 0 Å². The minimum atomic E-state index is -1.75. The standard InChI is InChI=1S/Ga.NO3.8H2O.3H/c;2-1(3)4;;;;;;;;;;;/h;;8*1H2;;;/q;-1;;;;;;;;;;;. The van der Waals surface area contributed by atoms with Crippen LogP contribution in [0.25, 0.3) is 0 Å². The van der Waals surface area contributed by atoms with Gasteiger partial charge in [-0.25, -0.2) is 0 Å². The molecule has 0 unspecified atom stereocenters. The summed E-state index contributed by atoms with van der Waals surface area (Å²) in [7, 11) is 0. The zero-order valence-corrected chi connectivity index (χ0v) is 5.67. The van der Waals surface area contributed by atoms with Crippen LogP contribution in [0, 0.1) is 15.3 Å². The Kier molecular flexibility index (Phi) is 4060. The van der Waals surface area contributed by atoms with Crippen LogP contribution in [0.2, 0.25) is 0 Å². The summed E-state index contributed by atoms with van der Waals surface area (Å²) in [6.07, 6.45) is 0. The van der Waals surface area contributed by atoms with E-state index in [1.165, 1.54) is 0 Å². The van der Waals surface area contributed by atoms with Crippen molar-refractivity contribution in [3.63, 3.8) is 0 Å². The molecule has 0 aromatic carbocycles. The van der Waals surface area contributed by atoms with Crippen LogP contribution in [0.3, 0.4) is 0 Å². The second-order valence-corrected chi connectivity index (χ2v) is 0.224. The van der Waals surface area contributed by atoms with Crippen LogP contribution >= 0.6 is 0 Å². The molecule has 0 saturated carbocycles. The number of nitrogens with zero attached hydrogens (tertiary/aromatic N) is 1. The van der Waals surface area contributed by atoms with Gasteiger partial charge in [0.15, 0.2) is 0 Å². The molecular weight excluding hydrogens is 260 g/mol. The van der Waals surface area contributed by atoms with E-state index in [4.69, 9.17) is 15.3 Å². The molecule has 0 bridgehead atoms. The molecule has 0 atom stereocenters. The molecular formula is H19GaNO11-. The summed E-state index contributed by atoms with van der Waals surface area (Å²) in [5.41, 5.74) is 0. The Hall–Kier alpha value is -0.484. The van der Waals surface area contributed by atoms with Gasteiger partial charge in [0, 0.05) is 0 Å². The van der Waals surface area contributed by atoms with Gasteiger partial charge in [-0.15, -0.1) is 0 Å². The molecule has 0 aromatic rings. The zero-order chi connectivity index (χ0) is 3.58. The van der Waals surface area contributed by atoms with Crippen molar-refractivity contribution in [2.45, 2.75) is 0 Å². The molecule has 0 heterocycles. The molecule has 0 rings (SSSR count). The van der Waals surface area contributed by atoms with Crippen LogP contribution in [0.1, 0.15) is 0 Å². The van der Waals surface area contributed by atoms with Crippen molar-refractivity contribution in [2.24, 2.45) is 0 Å². The van der Waals surface area contributed by atoms with Crippen molar-refractivity contribution in [1.29, 1.82) is 0 Å². The van der Waals surface area contributed by atoms with E-state index in [0.29, 0.717) is 0 Å². The van der Waals surface area contributed by atoms with Crippen LogP contribution in [0.4, 0.5) is 0 Å². The summed E-state index contributed by atoms with van der Waals surface area (Å²) in [6, 6.07) is 0. The van der Waals surface area contributed by atoms with Gasteiger partial charge in [-0.3, -0.25) is 0 Å². The van der Waals surface area contributed by atoms with Gasteiger partial charge in [0.2, 0.25) is 0 Å². The van der Waals surface area contributed by atoms with Gasteiger partial charge in [0.05, 0.1) is 5.09 Å². The first kappa shape index (κ1) is 262. The van der Waals surface area contributed by atoms with Crippen molar-refractivity contribution >= 4 is 19.8 Å². The average Bonchev–Trinajstić information content (AvgIpc) is 0.811. The van der Waals surface area contributed by atoms with E-state index in [1.807, 2.05) is 0 Å². The van der Waals surface area contributed by atoms with Gasteiger partial charge in [0.1, 0.15) is 0 Å². The Bertz CT molecular complexity index is 33.1. The molecule has 0 amide bonds. The predicted molar refractivity (Wildman–Crippen MR) is 49.2 cm³/mol. The molecule has 12 nitrogen and oxygen atoms in total. The van der Waals surface area contributed by atoms with E-state index in [0.717, 1.165) is 0 Å². The Morgan fingerprint density at radius 2 is 0.615 bits per heavy atom. The summed E-state index contributed by atoms with van der Waals surface area (Å²) < 4.78 is 0. The summed E-state index contributed by atoms with van der Waals surface area (Å²) in [5.74, 6) is 0. The monoisotopic (exact) mass is 278 g/mol. The molecule has 0 radical (unpaired) electrons. The van der Waals surface area contributed by atoms with Gasteiger partial charge in [-0.2, -0.15) is 0 Å². The second-order valence-electron chi connectivity index (χ2n) is 0.224. The molecule has 0 spiro atoms. The first-order chi connectivity index (χ1) is 1.73. The van der Waals surface area contributed by atoms with Gasteiger partial charge < -0.3 is 59.1 Å². The third-order valence-corrected chi connectivity index (χ3v) is 0. The molecule has 13 heteroatoms. The zero-order valence-electron chi connectivity index (χ0n) is 5.67. The van der Waals surface area contributed by atoms with Gasteiger partial charge in [-0.05, 0) is 0 Å². The van der Waals surface area contributed by atoms with Crippen molar-refractivity contribution in [3.8, 4) is 0 Å². The van der Waals surface area contributed by atoms with Crippen LogP contribution in [0.5, 0.6) is 0 Å². The fourth-order valence-corrected chi connectivity index (χ4v) is 0. The summed E-state index contributed by atoms with van der Waals surface area (Å²) in [5, 5.41) is 14.8. The van der Waals surface area contributed by atoms with Crippen molar-refractivity contribution in [1.82, 2.24) is 0 Å². The van der Waals surface area contributed by atoms with Crippen molar-refractivity contribution in [3.05, 3.63) is 15.3 Å². The first-order valence-corrected chi connectivity index (χ1v) is 0.548. The van der Waals surface area contributed by atoms with Crippen molar-refractivity contribution < 1.29 is 48.9 Å². The van der Waals surface area contributed by atoms with E-state index < -0.39 is 5.09 Å². The molecule has 0 saturated heterocycles. The quantitative estimate of drug-likeness (QED) is 0.236. The topological polar surface area (TPSA) is 318 Å². The third kappa shape index (κ3) is 4460. The van der Waals surface area contributed by atoms with Gasteiger partial charge in [-0.1, -0.05) is 0 Å². The summed E-state index contributed by atoms with van der Waals surface area (Å²) in [4.78, 5) is 8.25. The van der Waals surface area contributed by atoms with Crippen LogP contribution in [-0.2, 0) is 0 Å². The predicted octanol–water partition coefficient (Wildman–Crippen LogP) is -8.02. The average molecular weight is 279 g/mol. The Morgan fingerprint density at radius 1 is 0.615 bits per heavy atom. The molecule has 94 valence electrons. The molecule has 13 heavy (non-hydrogen) atoms. The Balaban J connectivity index is -0.00000000125. The minimum absolute atomic E-state index is 0. The fourth-order valence-electron chi connectivity index (χ4n) is 0. The van der Waals surface area contributed by atoms with Crippen LogP contribution in [-0.4, -0.2) is 68.7 Å². The van der Waals surface area contributed by atoms with E-state index in [1.54, 1.807) is 0 Å². The number of hydrogen-bond acceptors (Lipinski definition) is 3. The third-order valence-electron chi connectivity index (χ3n) is 0. The molecule has 0 aliphatic rings. The number of rotatable bonds is 0. The molecule has 0 fully saturated rings. The van der Waals surface area contributed by atoms with Crippen molar-refractivity contribution in [2.75, 3.05) is 0 Å². The molecule has 0 aliphatic heterocycles. The summed E-state index contributed by atoms with van der Waals surface area (Å²) >= 11 is 0. The van der Waals surface area contributed by atoms with Gasteiger partial charge >= 0.3 is 19.8 Å². The molecule has 16 N–H and O–H groups in total. The normalized spacial score (nSPS) is 1.85.